The average Bonchev–Trinajstić information content (AvgIpc) is 2.45. The van der Waals surface area contributed by atoms with E-state index >= 15 is 0 Å². The Morgan fingerprint density at radius 1 is 1.25 bits per heavy atom. The summed E-state index contributed by atoms with van der Waals surface area (Å²) in [4.78, 5) is 24.9. The highest BCUT2D eigenvalue weighted by Crippen LogP contribution is 2.34. The molecule has 0 spiro atoms. The molecular weight excluding hydrogens is 316 g/mol. The van der Waals surface area contributed by atoms with Gasteiger partial charge < -0.3 is 10.0 Å². The van der Waals surface area contributed by atoms with Gasteiger partial charge in [0.25, 0.3) is 11.4 Å². The van der Waals surface area contributed by atoms with Crippen molar-refractivity contribution in [2.24, 2.45) is 0 Å². The van der Waals surface area contributed by atoms with E-state index in [-0.39, 0.29) is 17.4 Å². The van der Waals surface area contributed by atoms with Crippen LogP contribution in [0.1, 0.15) is 20.8 Å². The van der Waals surface area contributed by atoms with E-state index in [1.54, 1.807) is 13.8 Å². The highest BCUT2D eigenvalue weighted by molar-refractivity contribution is 5.67. The summed E-state index contributed by atoms with van der Waals surface area (Å²) in [5.41, 5.74) is -0.965. The van der Waals surface area contributed by atoms with E-state index in [4.69, 9.17) is 0 Å². The monoisotopic (exact) mass is 338 g/mol. The fourth-order valence-electron chi connectivity index (χ4n) is 3.10. The van der Waals surface area contributed by atoms with Gasteiger partial charge in [0.1, 0.15) is 5.69 Å². The summed E-state index contributed by atoms with van der Waals surface area (Å²) in [5.74, 6) is 0. The average molecular weight is 338 g/mol. The van der Waals surface area contributed by atoms with Crippen molar-refractivity contribution in [2.45, 2.75) is 32.4 Å². The molecule has 1 heterocycles. The number of nitro groups is 2. The topological polar surface area (TPSA) is 113 Å². The summed E-state index contributed by atoms with van der Waals surface area (Å²) >= 11 is 0. The number of anilines is 1. The van der Waals surface area contributed by atoms with Crippen molar-refractivity contribution in [3.05, 3.63) is 38.4 Å². The van der Waals surface area contributed by atoms with Crippen molar-refractivity contribution in [1.29, 1.82) is 0 Å². The van der Waals surface area contributed by atoms with Gasteiger partial charge >= 0.3 is 0 Å². The van der Waals surface area contributed by atoms with E-state index in [0.29, 0.717) is 31.9 Å². The van der Waals surface area contributed by atoms with Gasteiger partial charge in [0, 0.05) is 38.3 Å². The van der Waals surface area contributed by atoms with Crippen LogP contribution in [-0.4, -0.2) is 57.7 Å². The van der Waals surface area contributed by atoms with Gasteiger partial charge in [-0.1, -0.05) is 0 Å². The number of benzene rings is 1. The molecule has 0 amide bonds. The second-order valence-electron chi connectivity index (χ2n) is 6.78. The number of aliphatic hydroxyl groups is 1. The molecule has 1 aliphatic heterocycles. The molecule has 1 aromatic carbocycles. The Balaban J connectivity index is 2.23. The van der Waals surface area contributed by atoms with Crippen LogP contribution in [0.2, 0.25) is 0 Å². The maximum Gasteiger partial charge on any atom is 0.299 e. The van der Waals surface area contributed by atoms with Gasteiger partial charge in [0.05, 0.1) is 21.5 Å². The first-order chi connectivity index (χ1) is 11.1. The molecule has 2 rings (SSSR count). The van der Waals surface area contributed by atoms with Crippen LogP contribution in [0.3, 0.4) is 0 Å². The maximum atomic E-state index is 11.3. The van der Waals surface area contributed by atoms with E-state index in [1.165, 1.54) is 12.1 Å². The quantitative estimate of drug-likeness (QED) is 0.643. The number of hydrogen-bond donors (Lipinski definition) is 1. The number of nitrogens with zero attached hydrogens (tertiary/aromatic N) is 4. The molecule has 132 valence electrons. The van der Waals surface area contributed by atoms with E-state index in [9.17, 15) is 25.3 Å². The van der Waals surface area contributed by atoms with Crippen LogP contribution in [0.25, 0.3) is 0 Å². The molecule has 1 N–H and O–H groups in total. The van der Waals surface area contributed by atoms with Crippen molar-refractivity contribution < 1.29 is 15.0 Å². The summed E-state index contributed by atoms with van der Waals surface area (Å²) in [5, 5.41) is 32.1. The second kappa shape index (κ2) is 6.70. The molecule has 1 saturated heterocycles. The zero-order valence-electron chi connectivity index (χ0n) is 14.0. The fourth-order valence-corrected chi connectivity index (χ4v) is 3.10. The number of piperazine rings is 1. The zero-order valence-corrected chi connectivity index (χ0v) is 14.0. The first-order valence-electron chi connectivity index (χ1n) is 7.73. The molecule has 0 saturated carbocycles. The third kappa shape index (κ3) is 4.18. The minimum atomic E-state index is -0.804. The van der Waals surface area contributed by atoms with Crippen LogP contribution in [0.15, 0.2) is 18.2 Å². The van der Waals surface area contributed by atoms with Crippen molar-refractivity contribution in [3.63, 3.8) is 0 Å². The van der Waals surface area contributed by atoms with Crippen molar-refractivity contribution in [2.75, 3.05) is 31.1 Å². The first-order valence-corrected chi connectivity index (χ1v) is 7.73. The lowest BCUT2D eigenvalue weighted by Crippen LogP contribution is -2.54. The molecule has 9 heteroatoms. The second-order valence-corrected chi connectivity index (χ2v) is 6.78. The minimum absolute atomic E-state index is 0.0127. The van der Waals surface area contributed by atoms with Crippen LogP contribution in [-0.2, 0) is 0 Å². The van der Waals surface area contributed by atoms with Gasteiger partial charge in [-0.2, -0.15) is 0 Å². The number of β-amino-alcohol motifs (C(OH)–C–C–N with tert-alkyl or cyclic N) is 1. The predicted octanol–water partition coefficient (Wildman–Crippen LogP) is 1.78. The Kier molecular flexibility index (Phi) is 5.05. The third-order valence-electron chi connectivity index (χ3n) is 4.00. The third-order valence-corrected chi connectivity index (χ3v) is 4.00. The molecule has 9 nitrogen and oxygen atoms in total. The zero-order chi connectivity index (χ0) is 18.1. The normalized spacial score (nSPS) is 19.3. The minimum Gasteiger partial charge on any atom is -0.389 e. The lowest BCUT2D eigenvalue weighted by atomic mass is 10.1. The van der Waals surface area contributed by atoms with Gasteiger partial charge in [-0.05, 0) is 26.8 Å². The van der Waals surface area contributed by atoms with E-state index < -0.39 is 15.4 Å². The molecule has 0 aliphatic carbocycles. The molecule has 0 aromatic heterocycles. The summed E-state index contributed by atoms with van der Waals surface area (Å²) in [6, 6.07) is 3.73. The van der Waals surface area contributed by atoms with Crippen LogP contribution < -0.4 is 4.90 Å². The molecule has 1 fully saturated rings. The van der Waals surface area contributed by atoms with Gasteiger partial charge in [-0.3, -0.25) is 25.1 Å². The van der Waals surface area contributed by atoms with Crippen molar-refractivity contribution in [3.8, 4) is 0 Å². The van der Waals surface area contributed by atoms with Gasteiger partial charge in [0.2, 0.25) is 0 Å². The van der Waals surface area contributed by atoms with E-state index in [0.717, 1.165) is 6.07 Å². The van der Waals surface area contributed by atoms with Gasteiger partial charge in [0.15, 0.2) is 0 Å². The standard InChI is InChI=1S/C15H22N4O5/c1-11-9-16(10-15(2,3)20)6-7-17(11)13-5-4-12(18(21)22)8-14(13)19(23)24/h4-5,8,11,20H,6-7,9-10H2,1-3H3. The van der Waals surface area contributed by atoms with Crippen molar-refractivity contribution in [1.82, 2.24) is 4.90 Å². The molecule has 0 bridgehead atoms. The fraction of sp³-hybridized carbons (Fsp3) is 0.600. The molecule has 0 radical (unpaired) electrons. The van der Waals surface area contributed by atoms with Gasteiger partial charge in [-0.15, -0.1) is 0 Å². The molecule has 1 unspecified atom stereocenters. The Morgan fingerprint density at radius 3 is 2.42 bits per heavy atom. The maximum absolute atomic E-state index is 11.3. The van der Waals surface area contributed by atoms with Crippen LogP contribution in [0, 0.1) is 20.2 Å². The molecule has 1 aromatic rings. The highest BCUT2D eigenvalue weighted by Gasteiger charge is 2.31. The number of non-ortho nitro benzene ring substituents is 1. The summed E-state index contributed by atoms with van der Waals surface area (Å²) in [6.07, 6.45) is 0. The van der Waals surface area contributed by atoms with Crippen LogP contribution in [0.5, 0.6) is 0 Å². The molecule has 24 heavy (non-hydrogen) atoms. The highest BCUT2D eigenvalue weighted by atomic mass is 16.6. The van der Waals surface area contributed by atoms with E-state index in [2.05, 4.69) is 4.90 Å². The summed E-state index contributed by atoms with van der Waals surface area (Å²) in [7, 11) is 0. The van der Waals surface area contributed by atoms with Crippen molar-refractivity contribution >= 4 is 17.1 Å². The number of rotatable bonds is 5. The van der Waals surface area contributed by atoms with Crippen LogP contribution >= 0.6 is 0 Å². The van der Waals surface area contributed by atoms with Crippen LogP contribution in [0.4, 0.5) is 17.1 Å². The Bertz CT molecular complexity index is 643. The lowest BCUT2D eigenvalue weighted by molar-refractivity contribution is -0.393. The number of nitro benzene ring substituents is 2. The molecular formula is C15H22N4O5. The Labute approximate surface area is 139 Å². The largest absolute Gasteiger partial charge is 0.389 e. The number of hydrogen-bond acceptors (Lipinski definition) is 7. The first kappa shape index (κ1) is 18.1. The Hall–Kier alpha value is -2.26. The SMILES string of the molecule is CC1CN(CC(C)(C)O)CCN1c1ccc([N+](=O)[O-])cc1[N+](=O)[O-]. The molecule has 1 aliphatic rings. The summed E-state index contributed by atoms with van der Waals surface area (Å²) < 4.78 is 0. The van der Waals surface area contributed by atoms with E-state index in [1.807, 2.05) is 11.8 Å². The predicted molar refractivity (Wildman–Crippen MR) is 89.3 cm³/mol. The molecule has 1 atom stereocenters. The summed E-state index contributed by atoms with van der Waals surface area (Å²) in [6.45, 7) is 7.81. The Morgan fingerprint density at radius 2 is 1.92 bits per heavy atom. The smallest absolute Gasteiger partial charge is 0.299 e. The lowest BCUT2D eigenvalue weighted by Gasteiger charge is -2.42. The van der Waals surface area contributed by atoms with Gasteiger partial charge in [-0.25, -0.2) is 0 Å².